The molecule has 3 aromatic rings. The molecule has 2 aliphatic heterocycles. The van der Waals surface area contributed by atoms with Crippen molar-refractivity contribution in [2.75, 3.05) is 26.7 Å². The largest absolute Gasteiger partial charge is 0.338 e. The van der Waals surface area contributed by atoms with Crippen LogP contribution in [0.1, 0.15) is 27.5 Å². The van der Waals surface area contributed by atoms with Crippen LogP contribution in [0.5, 0.6) is 0 Å². The number of amides is 1. The molecule has 0 saturated carbocycles. The molecule has 2 saturated heterocycles. The molecule has 0 radical (unpaired) electrons. The molecule has 0 unspecified atom stereocenters. The number of aryl methyl sites for hydroxylation is 1. The van der Waals surface area contributed by atoms with Crippen LogP contribution >= 0.6 is 24.8 Å². The molecule has 2 aromatic carbocycles. The van der Waals surface area contributed by atoms with Crippen molar-refractivity contribution in [3.05, 3.63) is 77.5 Å². The molecule has 158 valence electrons. The van der Waals surface area contributed by atoms with Crippen molar-refractivity contribution >= 4 is 41.6 Å². The van der Waals surface area contributed by atoms with Crippen molar-refractivity contribution in [3.63, 3.8) is 0 Å². The first kappa shape index (κ1) is 22.5. The lowest BCUT2D eigenvalue weighted by Gasteiger charge is -2.28. The molecule has 3 atom stereocenters. The maximum absolute atomic E-state index is 13.4. The summed E-state index contributed by atoms with van der Waals surface area (Å²) in [6.45, 7) is 4.90. The van der Waals surface area contributed by atoms with Crippen molar-refractivity contribution in [2.24, 2.45) is 11.8 Å². The molecule has 5 rings (SSSR count). The molecule has 0 bridgehead atoms. The highest BCUT2D eigenvalue weighted by Gasteiger charge is 2.47. The highest BCUT2D eigenvalue weighted by molar-refractivity contribution is 6.06. The minimum atomic E-state index is 0. The number of nitrogens with zero attached hydrogens (tertiary/aromatic N) is 3. The minimum Gasteiger partial charge on any atom is -0.338 e. The zero-order valence-electron chi connectivity index (χ0n) is 17.2. The summed E-state index contributed by atoms with van der Waals surface area (Å²) in [5.41, 5.74) is 4.39. The van der Waals surface area contributed by atoms with E-state index in [4.69, 9.17) is 0 Å². The maximum atomic E-state index is 13.4. The van der Waals surface area contributed by atoms with E-state index in [0.717, 1.165) is 36.1 Å². The Bertz CT molecular complexity index is 1050. The third-order valence-corrected chi connectivity index (χ3v) is 6.57. The van der Waals surface area contributed by atoms with Crippen LogP contribution in [0.25, 0.3) is 10.9 Å². The van der Waals surface area contributed by atoms with Gasteiger partial charge in [-0.3, -0.25) is 14.7 Å². The maximum Gasteiger partial charge on any atom is 0.254 e. The van der Waals surface area contributed by atoms with Crippen molar-refractivity contribution in [2.45, 2.75) is 13.0 Å². The zero-order chi connectivity index (χ0) is 19.3. The van der Waals surface area contributed by atoms with Crippen LogP contribution < -0.4 is 0 Å². The SMILES string of the molecule is Cc1ccccc1[C@H]1[C@@H]2CN(C(=O)c3ccnc4ccccc34)C[C@@H]2CN1C.Cl.Cl. The van der Waals surface area contributed by atoms with Gasteiger partial charge in [-0.25, -0.2) is 0 Å². The van der Waals surface area contributed by atoms with Gasteiger partial charge < -0.3 is 4.90 Å². The van der Waals surface area contributed by atoms with E-state index in [9.17, 15) is 4.79 Å². The normalized spacial score (nSPS) is 23.0. The van der Waals surface area contributed by atoms with Gasteiger partial charge in [-0.15, -0.1) is 24.8 Å². The molecule has 2 fully saturated rings. The fourth-order valence-electron chi connectivity index (χ4n) is 5.26. The summed E-state index contributed by atoms with van der Waals surface area (Å²) < 4.78 is 0. The number of carbonyl (C=O) groups is 1. The summed E-state index contributed by atoms with van der Waals surface area (Å²) in [6, 6.07) is 18.8. The minimum absolute atomic E-state index is 0. The molecule has 0 spiro atoms. The Balaban J connectivity index is 0.00000128. The van der Waals surface area contributed by atoms with Gasteiger partial charge in [0.2, 0.25) is 0 Å². The monoisotopic (exact) mass is 443 g/mol. The van der Waals surface area contributed by atoms with E-state index in [1.807, 2.05) is 30.3 Å². The Kier molecular flexibility index (Phi) is 6.71. The molecule has 2 aliphatic rings. The number of rotatable bonds is 2. The third-order valence-electron chi connectivity index (χ3n) is 6.57. The highest BCUT2D eigenvalue weighted by Crippen LogP contribution is 2.45. The molecule has 0 N–H and O–H groups in total. The Hall–Kier alpha value is -2.14. The molecule has 6 heteroatoms. The van der Waals surface area contributed by atoms with Crippen LogP contribution in [0.4, 0.5) is 0 Å². The number of aromatic nitrogens is 1. The van der Waals surface area contributed by atoms with E-state index < -0.39 is 0 Å². The number of pyridine rings is 1. The number of likely N-dealkylation sites (tertiary alicyclic amines) is 2. The van der Waals surface area contributed by atoms with Crippen LogP contribution in [0.15, 0.2) is 60.8 Å². The first-order valence-corrected chi connectivity index (χ1v) is 10.0. The summed E-state index contributed by atoms with van der Waals surface area (Å²) >= 11 is 0. The summed E-state index contributed by atoms with van der Waals surface area (Å²) in [6.07, 6.45) is 1.75. The average Bonchev–Trinajstić information content (AvgIpc) is 3.24. The predicted octanol–water partition coefficient (Wildman–Crippen LogP) is 4.76. The summed E-state index contributed by atoms with van der Waals surface area (Å²) in [4.78, 5) is 22.3. The fourth-order valence-corrected chi connectivity index (χ4v) is 5.26. The van der Waals surface area contributed by atoms with E-state index >= 15 is 0 Å². The van der Waals surface area contributed by atoms with Gasteiger partial charge in [0.1, 0.15) is 0 Å². The summed E-state index contributed by atoms with van der Waals surface area (Å²) in [5.74, 6) is 1.16. The van der Waals surface area contributed by atoms with Crippen molar-refractivity contribution < 1.29 is 4.79 Å². The first-order valence-electron chi connectivity index (χ1n) is 10.0. The topological polar surface area (TPSA) is 36.4 Å². The molecule has 4 nitrogen and oxygen atoms in total. The lowest BCUT2D eigenvalue weighted by atomic mass is 9.88. The van der Waals surface area contributed by atoms with Gasteiger partial charge in [0.15, 0.2) is 0 Å². The van der Waals surface area contributed by atoms with E-state index in [1.165, 1.54) is 11.1 Å². The number of fused-ring (bicyclic) bond motifs is 2. The number of para-hydroxylation sites is 1. The lowest BCUT2D eigenvalue weighted by Crippen LogP contribution is -2.33. The van der Waals surface area contributed by atoms with Crippen LogP contribution in [-0.4, -0.2) is 47.4 Å². The number of hydrogen-bond acceptors (Lipinski definition) is 3. The number of halogens is 2. The smallest absolute Gasteiger partial charge is 0.254 e. The summed E-state index contributed by atoms with van der Waals surface area (Å²) in [7, 11) is 2.22. The van der Waals surface area contributed by atoms with Crippen molar-refractivity contribution in [3.8, 4) is 0 Å². The Morgan fingerprint density at radius 1 is 0.967 bits per heavy atom. The van der Waals surface area contributed by atoms with E-state index in [-0.39, 0.29) is 30.7 Å². The number of carbonyl (C=O) groups excluding carboxylic acids is 1. The van der Waals surface area contributed by atoms with Crippen LogP contribution in [0.3, 0.4) is 0 Å². The van der Waals surface area contributed by atoms with Gasteiger partial charge in [0.05, 0.1) is 11.1 Å². The van der Waals surface area contributed by atoms with E-state index in [1.54, 1.807) is 6.20 Å². The van der Waals surface area contributed by atoms with Gasteiger partial charge in [0.25, 0.3) is 5.91 Å². The third kappa shape index (κ3) is 3.68. The molecule has 1 aromatic heterocycles. The Morgan fingerprint density at radius 3 is 2.50 bits per heavy atom. The lowest BCUT2D eigenvalue weighted by molar-refractivity contribution is 0.0769. The summed E-state index contributed by atoms with van der Waals surface area (Å²) in [5, 5.41) is 0.944. The van der Waals surface area contributed by atoms with Gasteiger partial charge in [0, 0.05) is 43.2 Å². The van der Waals surface area contributed by atoms with Crippen molar-refractivity contribution in [1.29, 1.82) is 0 Å². The molecule has 1 amide bonds. The standard InChI is InChI=1S/C24H25N3O.2ClH/c1-16-7-3-4-8-18(16)23-21-15-27(14-17(21)13-26(23)2)24(28)20-11-12-25-22-10-6-5-9-19(20)22;;/h3-12,17,21,23H,13-15H2,1-2H3;2*1H/t17-,21+,23-;;/m0../s1. The number of benzene rings is 2. The second-order valence-electron chi connectivity index (χ2n) is 8.25. The molecule has 30 heavy (non-hydrogen) atoms. The van der Waals surface area contributed by atoms with Crippen molar-refractivity contribution in [1.82, 2.24) is 14.8 Å². The Labute approximate surface area is 190 Å². The predicted molar refractivity (Wildman–Crippen MR) is 126 cm³/mol. The fraction of sp³-hybridized carbons (Fsp3) is 0.333. The quantitative estimate of drug-likeness (QED) is 0.572. The van der Waals surface area contributed by atoms with Gasteiger partial charge in [-0.2, -0.15) is 0 Å². The molecule has 0 aliphatic carbocycles. The zero-order valence-corrected chi connectivity index (χ0v) is 18.8. The van der Waals surface area contributed by atoms with Gasteiger partial charge >= 0.3 is 0 Å². The van der Waals surface area contributed by atoms with Crippen LogP contribution in [0.2, 0.25) is 0 Å². The second kappa shape index (κ2) is 8.93. The molecule has 3 heterocycles. The highest BCUT2D eigenvalue weighted by atomic mass is 35.5. The Morgan fingerprint density at radius 2 is 1.70 bits per heavy atom. The van der Waals surface area contributed by atoms with Gasteiger partial charge in [-0.1, -0.05) is 42.5 Å². The first-order chi connectivity index (χ1) is 13.6. The number of hydrogen-bond donors (Lipinski definition) is 0. The van der Waals surface area contributed by atoms with E-state index in [0.29, 0.717) is 17.9 Å². The van der Waals surface area contributed by atoms with Crippen LogP contribution in [-0.2, 0) is 0 Å². The average molecular weight is 444 g/mol. The van der Waals surface area contributed by atoms with E-state index in [2.05, 4.69) is 53.0 Å². The molecular formula is C24H27Cl2N3O. The molecular weight excluding hydrogens is 417 g/mol. The van der Waals surface area contributed by atoms with Gasteiger partial charge in [-0.05, 0) is 43.1 Å². The second-order valence-corrected chi connectivity index (χ2v) is 8.25. The van der Waals surface area contributed by atoms with Crippen LogP contribution in [0, 0.1) is 18.8 Å².